The molecule has 0 radical (unpaired) electrons. The lowest BCUT2D eigenvalue weighted by Crippen LogP contribution is -2.22. The minimum Gasteiger partial charge on any atom is -0.488 e. The van der Waals surface area contributed by atoms with Crippen molar-refractivity contribution in [2.45, 2.75) is 13.2 Å². The summed E-state index contributed by atoms with van der Waals surface area (Å²) in [7, 11) is 0. The molecule has 122 valence electrons. The summed E-state index contributed by atoms with van der Waals surface area (Å²) in [5.74, 6) is -0.271. The fourth-order valence-electron chi connectivity index (χ4n) is 1.95. The Morgan fingerprint density at radius 3 is 2.57 bits per heavy atom. The number of carboxylic acid groups (broad SMARTS) is 1. The summed E-state index contributed by atoms with van der Waals surface area (Å²) in [6.45, 7) is 0.478. The molecular formula is C16H14BrCl2NO3. The molecule has 7 heteroatoms. The van der Waals surface area contributed by atoms with Crippen LogP contribution in [-0.2, 0) is 17.9 Å². The van der Waals surface area contributed by atoms with Crippen molar-refractivity contribution in [1.29, 1.82) is 0 Å². The number of hydrogen-bond donors (Lipinski definition) is 2. The summed E-state index contributed by atoms with van der Waals surface area (Å²) in [5.41, 5.74) is 1.55. The van der Waals surface area contributed by atoms with E-state index in [0.29, 0.717) is 27.9 Å². The monoisotopic (exact) mass is 417 g/mol. The van der Waals surface area contributed by atoms with Gasteiger partial charge in [0.25, 0.3) is 0 Å². The lowest BCUT2D eigenvalue weighted by atomic mass is 10.2. The Kier molecular flexibility index (Phi) is 6.72. The maximum Gasteiger partial charge on any atom is 0.317 e. The van der Waals surface area contributed by atoms with E-state index >= 15 is 0 Å². The van der Waals surface area contributed by atoms with Crippen LogP contribution in [0.4, 0.5) is 0 Å². The van der Waals surface area contributed by atoms with Crippen LogP contribution in [0.15, 0.2) is 40.9 Å². The summed E-state index contributed by atoms with van der Waals surface area (Å²) >= 11 is 15.7. The Bertz CT molecular complexity index is 689. The van der Waals surface area contributed by atoms with Gasteiger partial charge in [0.1, 0.15) is 12.4 Å². The first-order chi connectivity index (χ1) is 11.0. The average molecular weight is 419 g/mol. The third-order valence-electron chi connectivity index (χ3n) is 3.05. The molecule has 0 saturated carbocycles. The first-order valence-electron chi connectivity index (χ1n) is 6.74. The number of carboxylic acids is 1. The van der Waals surface area contributed by atoms with Gasteiger partial charge in [-0.3, -0.25) is 4.79 Å². The summed E-state index contributed by atoms with van der Waals surface area (Å²) < 4.78 is 6.70. The lowest BCUT2D eigenvalue weighted by Gasteiger charge is -2.14. The zero-order valence-corrected chi connectivity index (χ0v) is 15.1. The van der Waals surface area contributed by atoms with Crippen molar-refractivity contribution in [3.05, 3.63) is 62.0 Å². The molecule has 2 aromatic carbocycles. The van der Waals surface area contributed by atoms with E-state index in [1.807, 2.05) is 18.2 Å². The third kappa shape index (κ3) is 5.39. The van der Waals surface area contributed by atoms with Gasteiger partial charge in [-0.15, -0.1) is 0 Å². The molecule has 0 aliphatic heterocycles. The van der Waals surface area contributed by atoms with Gasteiger partial charge in [0.05, 0.1) is 6.54 Å². The Labute approximate surface area is 152 Å². The van der Waals surface area contributed by atoms with E-state index in [2.05, 4.69) is 21.2 Å². The van der Waals surface area contributed by atoms with E-state index in [9.17, 15) is 4.79 Å². The predicted octanol–water partition coefficient (Wildman–Crippen LogP) is 4.51. The first kappa shape index (κ1) is 18.1. The highest BCUT2D eigenvalue weighted by atomic mass is 79.9. The quantitative estimate of drug-likeness (QED) is 0.694. The molecule has 0 aliphatic rings. The van der Waals surface area contributed by atoms with Crippen molar-refractivity contribution < 1.29 is 14.6 Å². The number of aliphatic carboxylic acids is 1. The second-order valence-corrected chi connectivity index (χ2v) is 6.47. The second kappa shape index (κ2) is 8.55. The van der Waals surface area contributed by atoms with Crippen molar-refractivity contribution >= 4 is 45.1 Å². The molecule has 0 unspecified atom stereocenters. The van der Waals surface area contributed by atoms with Crippen LogP contribution in [0.2, 0.25) is 10.0 Å². The van der Waals surface area contributed by atoms with Crippen LogP contribution in [0.3, 0.4) is 0 Å². The standard InChI is InChI=1S/C16H14BrCl2NO3/c17-11-4-5-15(10(6-11)7-20-8-16(21)22)23-9-12-13(18)2-1-3-14(12)19/h1-6,20H,7-9H2,(H,21,22). The molecule has 0 atom stereocenters. The molecule has 2 rings (SSSR count). The molecule has 0 saturated heterocycles. The van der Waals surface area contributed by atoms with Gasteiger partial charge in [0.15, 0.2) is 0 Å². The van der Waals surface area contributed by atoms with Crippen LogP contribution in [0, 0.1) is 0 Å². The second-order valence-electron chi connectivity index (χ2n) is 4.74. The summed E-state index contributed by atoms with van der Waals surface area (Å²) in [5, 5.41) is 12.6. The van der Waals surface area contributed by atoms with E-state index in [1.54, 1.807) is 18.2 Å². The number of hydrogen-bond acceptors (Lipinski definition) is 3. The smallest absolute Gasteiger partial charge is 0.317 e. The maximum atomic E-state index is 10.6. The van der Waals surface area contributed by atoms with Crippen LogP contribution in [0.1, 0.15) is 11.1 Å². The largest absolute Gasteiger partial charge is 0.488 e. The van der Waals surface area contributed by atoms with Gasteiger partial charge in [0, 0.05) is 32.2 Å². The van der Waals surface area contributed by atoms with E-state index in [1.165, 1.54) is 0 Å². The van der Waals surface area contributed by atoms with E-state index < -0.39 is 5.97 Å². The Hall–Kier alpha value is -1.27. The fraction of sp³-hybridized carbons (Fsp3) is 0.188. The summed E-state index contributed by atoms with van der Waals surface area (Å²) in [6, 6.07) is 10.8. The minimum atomic E-state index is -0.912. The number of halogens is 3. The van der Waals surface area contributed by atoms with E-state index in [4.69, 9.17) is 33.0 Å². The molecule has 0 bridgehead atoms. The molecule has 0 amide bonds. The van der Waals surface area contributed by atoms with Crippen molar-refractivity contribution in [2.75, 3.05) is 6.54 Å². The topological polar surface area (TPSA) is 58.6 Å². The highest BCUT2D eigenvalue weighted by Gasteiger charge is 2.10. The first-order valence-corrected chi connectivity index (χ1v) is 8.29. The number of benzene rings is 2. The van der Waals surface area contributed by atoms with Gasteiger partial charge in [-0.2, -0.15) is 0 Å². The SMILES string of the molecule is O=C(O)CNCc1cc(Br)ccc1OCc1c(Cl)cccc1Cl. The third-order valence-corrected chi connectivity index (χ3v) is 4.25. The van der Waals surface area contributed by atoms with Gasteiger partial charge in [-0.25, -0.2) is 0 Å². The van der Waals surface area contributed by atoms with E-state index in [-0.39, 0.29) is 13.2 Å². The van der Waals surface area contributed by atoms with Crippen molar-refractivity contribution in [1.82, 2.24) is 5.32 Å². The van der Waals surface area contributed by atoms with Gasteiger partial charge in [-0.05, 0) is 30.3 Å². The molecular weight excluding hydrogens is 405 g/mol. The minimum absolute atomic E-state index is 0.123. The highest BCUT2D eigenvalue weighted by molar-refractivity contribution is 9.10. The molecule has 0 fully saturated rings. The van der Waals surface area contributed by atoms with Gasteiger partial charge in [-0.1, -0.05) is 45.2 Å². The molecule has 4 nitrogen and oxygen atoms in total. The molecule has 2 aromatic rings. The van der Waals surface area contributed by atoms with Gasteiger partial charge in [0.2, 0.25) is 0 Å². The van der Waals surface area contributed by atoms with Crippen LogP contribution in [0.5, 0.6) is 5.75 Å². The Balaban J connectivity index is 2.11. The van der Waals surface area contributed by atoms with Crippen LogP contribution in [0.25, 0.3) is 0 Å². The molecule has 0 aliphatic carbocycles. The molecule has 2 N–H and O–H groups in total. The maximum absolute atomic E-state index is 10.6. The normalized spacial score (nSPS) is 10.6. The molecule has 23 heavy (non-hydrogen) atoms. The fourth-order valence-corrected chi connectivity index (χ4v) is 2.87. The van der Waals surface area contributed by atoms with Gasteiger partial charge < -0.3 is 15.2 Å². The van der Waals surface area contributed by atoms with Gasteiger partial charge >= 0.3 is 5.97 Å². The predicted molar refractivity (Wildman–Crippen MR) is 94.3 cm³/mol. The molecule has 0 aromatic heterocycles. The number of rotatable bonds is 7. The highest BCUT2D eigenvalue weighted by Crippen LogP contribution is 2.28. The Morgan fingerprint density at radius 2 is 1.91 bits per heavy atom. The number of carbonyl (C=O) groups is 1. The lowest BCUT2D eigenvalue weighted by molar-refractivity contribution is -0.136. The van der Waals surface area contributed by atoms with Crippen LogP contribution < -0.4 is 10.1 Å². The number of nitrogens with one attached hydrogen (secondary N) is 1. The average Bonchev–Trinajstić information content (AvgIpc) is 2.48. The van der Waals surface area contributed by atoms with Crippen LogP contribution in [-0.4, -0.2) is 17.6 Å². The number of ether oxygens (including phenoxy) is 1. The van der Waals surface area contributed by atoms with Crippen molar-refractivity contribution in [2.24, 2.45) is 0 Å². The van der Waals surface area contributed by atoms with Crippen molar-refractivity contribution in [3.8, 4) is 5.75 Å². The summed E-state index contributed by atoms with van der Waals surface area (Å²) in [6.07, 6.45) is 0. The zero-order valence-electron chi connectivity index (χ0n) is 12.0. The van der Waals surface area contributed by atoms with Crippen LogP contribution >= 0.6 is 39.1 Å². The van der Waals surface area contributed by atoms with E-state index in [0.717, 1.165) is 10.0 Å². The molecule has 0 spiro atoms. The summed E-state index contributed by atoms with van der Waals surface area (Å²) in [4.78, 5) is 10.6. The Morgan fingerprint density at radius 1 is 1.22 bits per heavy atom. The zero-order chi connectivity index (χ0) is 16.8. The van der Waals surface area contributed by atoms with Crippen molar-refractivity contribution in [3.63, 3.8) is 0 Å². The molecule has 0 heterocycles.